The van der Waals surface area contributed by atoms with Crippen molar-refractivity contribution in [3.8, 4) is 0 Å². The first-order valence-electron chi connectivity index (χ1n) is 5.02. The molecule has 0 amide bonds. The van der Waals surface area contributed by atoms with E-state index in [0.717, 1.165) is 6.92 Å². The van der Waals surface area contributed by atoms with Gasteiger partial charge in [0.2, 0.25) is 0 Å². The average Bonchev–Trinajstić information content (AvgIpc) is 2.29. The third-order valence-corrected chi connectivity index (χ3v) is 3.54. The van der Waals surface area contributed by atoms with Gasteiger partial charge in [-0.3, -0.25) is 4.90 Å². The van der Waals surface area contributed by atoms with Gasteiger partial charge in [0.05, 0.1) is 0 Å². The maximum absolute atomic E-state index is 12.9. The molecule has 0 bridgehead atoms. The zero-order valence-electron chi connectivity index (χ0n) is 9.72. The van der Waals surface area contributed by atoms with E-state index in [-0.39, 0.29) is 5.92 Å². The Bertz CT molecular complexity index is 241. The second kappa shape index (κ2) is 3.63. The third-order valence-electron chi connectivity index (χ3n) is 3.54. The summed E-state index contributed by atoms with van der Waals surface area (Å²) in [7, 11) is 3.46. The summed E-state index contributed by atoms with van der Waals surface area (Å²) in [5.74, 6) is -0.670. The number of ether oxygens (including phenoxy) is 1. The SMILES string of the molecule is CC1C(N(C)C)OC(C)(C(F)(F)F)C1C. The predicted molar refractivity (Wildman–Crippen MR) is 51.3 cm³/mol. The van der Waals surface area contributed by atoms with Gasteiger partial charge in [0.25, 0.3) is 0 Å². The van der Waals surface area contributed by atoms with Crippen LogP contribution in [-0.2, 0) is 4.74 Å². The average molecular weight is 225 g/mol. The highest BCUT2D eigenvalue weighted by Gasteiger charge is 2.63. The molecule has 0 aromatic carbocycles. The van der Waals surface area contributed by atoms with Crippen molar-refractivity contribution in [1.29, 1.82) is 0 Å². The summed E-state index contributed by atoms with van der Waals surface area (Å²) in [6.45, 7) is 4.53. The van der Waals surface area contributed by atoms with Crippen LogP contribution in [0.15, 0.2) is 0 Å². The molecule has 0 saturated carbocycles. The number of rotatable bonds is 1. The molecule has 1 heterocycles. The molecule has 1 aliphatic heterocycles. The molecule has 15 heavy (non-hydrogen) atoms. The lowest BCUT2D eigenvalue weighted by Gasteiger charge is -2.31. The van der Waals surface area contributed by atoms with E-state index in [2.05, 4.69) is 0 Å². The Hall–Kier alpha value is -0.290. The molecule has 0 spiro atoms. The molecule has 2 nitrogen and oxygen atoms in total. The molecular weight excluding hydrogens is 207 g/mol. The van der Waals surface area contributed by atoms with Crippen LogP contribution in [0.3, 0.4) is 0 Å². The van der Waals surface area contributed by atoms with Crippen LogP contribution in [0.4, 0.5) is 13.2 Å². The molecule has 1 aliphatic rings. The predicted octanol–water partition coefficient (Wildman–Crippen LogP) is 2.50. The summed E-state index contributed by atoms with van der Waals surface area (Å²) in [5.41, 5.74) is -2.03. The number of hydrogen-bond donors (Lipinski definition) is 0. The minimum Gasteiger partial charge on any atom is -0.347 e. The molecule has 1 rings (SSSR count). The molecule has 5 heteroatoms. The van der Waals surface area contributed by atoms with Crippen LogP contribution in [0.2, 0.25) is 0 Å². The zero-order chi connectivity index (χ0) is 12.0. The molecule has 0 aromatic rings. The monoisotopic (exact) mass is 225 g/mol. The van der Waals surface area contributed by atoms with Crippen molar-refractivity contribution >= 4 is 0 Å². The Morgan fingerprint density at radius 3 is 1.87 bits per heavy atom. The van der Waals surface area contributed by atoms with Gasteiger partial charge in [-0.15, -0.1) is 0 Å². The summed E-state index contributed by atoms with van der Waals surface area (Å²) >= 11 is 0. The van der Waals surface area contributed by atoms with Gasteiger partial charge in [-0.2, -0.15) is 13.2 Å². The topological polar surface area (TPSA) is 12.5 Å². The molecule has 1 saturated heterocycles. The smallest absolute Gasteiger partial charge is 0.347 e. The summed E-state index contributed by atoms with van der Waals surface area (Å²) in [5, 5.41) is 0. The molecule has 0 aliphatic carbocycles. The van der Waals surface area contributed by atoms with E-state index in [9.17, 15) is 13.2 Å². The van der Waals surface area contributed by atoms with Crippen molar-refractivity contribution in [3.63, 3.8) is 0 Å². The van der Waals surface area contributed by atoms with Crippen LogP contribution in [-0.4, -0.2) is 37.0 Å². The van der Waals surface area contributed by atoms with E-state index in [1.165, 1.54) is 0 Å². The fraction of sp³-hybridized carbons (Fsp3) is 1.00. The lowest BCUT2D eigenvalue weighted by Crippen LogP contribution is -2.47. The van der Waals surface area contributed by atoms with Gasteiger partial charge in [-0.1, -0.05) is 13.8 Å². The molecular formula is C10H18F3NO. The molecule has 4 unspecified atom stereocenters. The van der Waals surface area contributed by atoms with Gasteiger partial charge in [0.15, 0.2) is 5.60 Å². The Kier molecular flexibility index (Phi) is 3.09. The molecule has 0 aromatic heterocycles. The number of hydrogen-bond acceptors (Lipinski definition) is 2. The van der Waals surface area contributed by atoms with Crippen LogP contribution in [0.1, 0.15) is 20.8 Å². The van der Waals surface area contributed by atoms with E-state index in [0.29, 0.717) is 0 Å². The standard InChI is InChI=1S/C10H18F3NO/c1-6-7(2)9(3,10(11,12)13)15-8(6)14(4)5/h6-8H,1-5H3. The highest BCUT2D eigenvalue weighted by molar-refractivity contribution is 4.98. The third kappa shape index (κ3) is 1.87. The van der Waals surface area contributed by atoms with Gasteiger partial charge < -0.3 is 4.74 Å². The van der Waals surface area contributed by atoms with Crippen LogP contribution in [0, 0.1) is 11.8 Å². The van der Waals surface area contributed by atoms with Crippen LogP contribution in [0.5, 0.6) is 0 Å². The maximum atomic E-state index is 12.9. The minimum absolute atomic E-state index is 0.133. The minimum atomic E-state index is -4.31. The van der Waals surface area contributed by atoms with Crippen molar-refractivity contribution < 1.29 is 17.9 Å². The lowest BCUT2D eigenvalue weighted by molar-refractivity contribution is -0.282. The second-order valence-electron chi connectivity index (χ2n) is 4.72. The first kappa shape index (κ1) is 12.8. The Labute approximate surface area is 88.4 Å². The van der Waals surface area contributed by atoms with Gasteiger partial charge in [-0.05, 0) is 21.0 Å². The summed E-state index contributed by atoms with van der Waals surface area (Å²) < 4.78 is 43.8. The Balaban J connectivity index is 2.97. The fourth-order valence-corrected chi connectivity index (χ4v) is 2.11. The Morgan fingerprint density at radius 1 is 1.20 bits per heavy atom. The molecule has 4 atom stereocenters. The van der Waals surface area contributed by atoms with E-state index >= 15 is 0 Å². The van der Waals surface area contributed by atoms with E-state index in [4.69, 9.17) is 4.74 Å². The quantitative estimate of drug-likeness (QED) is 0.679. The first-order valence-corrected chi connectivity index (χ1v) is 5.02. The van der Waals surface area contributed by atoms with Crippen LogP contribution >= 0.6 is 0 Å². The highest BCUT2D eigenvalue weighted by atomic mass is 19.4. The fourth-order valence-electron chi connectivity index (χ4n) is 2.11. The summed E-state index contributed by atoms with van der Waals surface area (Å²) in [4.78, 5) is 1.69. The van der Waals surface area contributed by atoms with Crippen LogP contribution < -0.4 is 0 Å². The molecule has 0 N–H and O–H groups in total. The number of halogens is 3. The Morgan fingerprint density at radius 2 is 1.67 bits per heavy atom. The highest BCUT2D eigenvalue weighted by Crippen LogP contribution is 2.49. The van der Waals surface area contributed by atoms with Crippen molar-refractivity contribution in [1.82, 2.24) is 4.90 Å². The maximum Gasteiger partial charge on any atom is 0.417 e. The van der Waals surface area contributed by atoms with Crippen molar-refractivity contribution in [2.24, 2.45) is 11.8 Å². The van der Waals surface area contributed by atoms with Crippen LogP contribution in [0.25, 0.3) is 0 Å². The summed E-state index contributed by atoms with van der Waals surface area (Å²) in [6.07, 6.45) is -4.78. The summed E-state index contributed by atoms with van der Waals surface area (Å²) in [6, 6.07) is 0. The van der Waals surface area contributed by atoms with E-state index < -0.39 is 23.9 Å². The largest absolute Gasteiger partial charge is 0.417 e. The van der Waals surface area contributed by atoms with Crippen molar-refractivity contribution in [2.45, 2.75) is 38.8 Å². The lowest BCUT2D eigenvalue weighted by atomic mass is 9.83. The molecule has 90 valence electrons. The van der Waals surface area contributed by atoms with Gasteiger partial charge >= 0.3 is 6.18 Å². The van der Waals surface area contributed by atoms with Gasteiger partial charge in [0.1, 0.15) is 6.23 Å². The van der Waals surface area contributed by atoms with E-state index in [1.54, 1.807) is 32.8 Å². The van der Waals surface area contributed by atoms with Gasteiger partial charge in [0, 0.05) is 11.8 Å². The van der Waals surface area contributed by atoms with Crippen molar-refractivity contribution in [2.75, 3.05) is 14.1 Å². The van der Waals surface area contributed by atoms with E-state index in [1.807, 2.05) is 0 Å². The normalized spacial score (nSPS) is 42.6. The second-order valence-corrected chi connectivity index (χ2v) is 4.72. The number of alkyl halides is 3. The number of nitrogens with zero attached hydrogens (tertiary/aromatic N) is 1. The van der Waals surface area contributed by atoms with Gasteiger partial charge in [-0.25, -0.2) is 0 Å². The van der Waals surface area contributed by atoms with Crippen molar-refractivity contribution in [3.05, 3.63) is 0 Å². The molecule has 0 radical (unpaired) electrons. The zero-order valence-corrected chi connectivity index (χ0v) is 9.72. The first-order chi connectivity index (χ1) is 6.61. The molecule has 1 fully saturated rings.